The molecule has 0 saturated heterocycles. The second-order valence-corrected chi connectivity index (χ2v) is 5.69. The van der Waals surface area contributed by atoms with Gasteiger partial charge in [0, 0.05) is 12.1 Å². The zero-order chi connectivity index (χ0) is 16.2. The average Bonchev–Trinajstić information content (AvgIpc) is 2.58. The van der Waals surface area contributed by atoms with Gasteiger partial charge in [-0.1, -0.05) is 42.5 Å². The molecule has 3 N–H and O–H groups in total. The molecule has 23 heavy (non-hydrogen) atoms. The third-order valence-electron chi connectivity index (χ3n) is 3.75. The van der Waals surface area contributed by atoms with E-state index >= 15 is 0 Å². The molecule has 5 heteroatoms. The van der Waals surface area contributed by atoms with Crippen LogP contribution in [0.4, 0.5) is 0 Å². The minimum Gasteiger partial charge on any atom is -0.367 e. The highest BCUT2D eigenvalue weighted by atomic mass is 32.1. The zero-order valence-electron chi connectivity index (χ0n) is 12.7. The molecule has 0 atom stereocenters. The van der Waals surface area contributed by atoms with Gasteiger partial charge in [0.2, 0.25) is 0 Å². The number of thiocarbonyl (C=S) groups is 1. The molecule has 0 aromatic heterocycles. The van der Waals surface area contributed by atoms with Crippen molar-refractivity contribution >= 4 is 28.8 Å². The Hall–Kier alpha value is -2.66. The van der Waals surface area contributed by atoms with Crippen LogP contribution in [-0.2, 0) is 6.54 Å². The Kier molecular flexibility index (Phi) is 4.39. The quantitative estimate of drug-likeness (QED) is 0.744. The largest absolute Gasteiger partial charge is 0.367 e. The van der Waals surface area contributed by atoms with Crippen LogP contribution in [0.15, 0.2) is 60.4 Å². The lowest BCUT2D eigenvalue weighted by atomic mass is 9.98. The first kappa shape index (κ1) is 15.2. The van der Waals surface area contributed by atoms with Crippen molar-refractivity contribution < 1.29 is 4.79 Å². The molecular weight excluding hydrogens is 306 g/mol. The van der Waals surface area contributed by atoms with Crippen molar-refractivity contribution in [3.05, 3.63) is 77.1 Å². The lowest BCUT2D eigenvalue weighted by Gasteiger charge is -2.24. The van der Waals surface area contributed by atoms with Crippen LogP contribution in [-0.4, -0.2) is 11.0 Å². The van der Waals surface area contributed by atoms with E-state index < -0.39 is 0 Å². The molecule has 3 rings (SSSR count). The Morgan fingerprint density at radius 2 is 1.78 bits per heavy atom. The van der Waals surface area contributed by atoms with E-state index in [-0.39, 0.29) is 11.0 Å². The fourth-order valence-electron chi connectivity index (χ4n) is 2.54. The van der Waals surface area contributed by atoms with E-state index in [2.05, 4.69) is 28.1 Å². The van der Waals surface area contributed by atoms with Crippen molar-refractivity contribution in [3.63, 3.8) is 0 Å². The van der Waals surface area contributed by atoms with Gasteiger partial charge in [0.05, 0.1) is 0 Å². The maximum Gasteiger partial charge on any atom is 0.257 e. The minimum absolute atomic E-state index is 0.224. The summed E-state index contributed by atoms with van der Waals surface area (Å²) in [4.78, 5) is 12.1. The standard InChI is InChI=1S/C18H17N3OS/c1-12-15-10-6-5-9-14(15)11-19-16(12)20-18(23)21-17(22)13-7-3-2-4-8-13/h2-10,19H,11H2,1H3,(H2,20,21,22,23). The van der Waals surface area contributed by atoms with Crippen LogP contribution in [0.1, 0.15) is 28.4 Å². The maximum absolute atomic E-state index is 12.1. The van der Waals surface area contributed by atoms with Gasteiger partial charge >= 0.3 is 0 Å². The number of rotatable bonds is 2. The highest BCUT2D eigenvalue weighted by molar-refractivity contribution is 7.80. The van der Waals surface area contributed by atoms with Crippen LogP contribution >= 0.6 is 12.2 Å². The van der Waals surface area contributed by atoms with Gasteiger partial charge in [-0.15, -0.1) is 0 Å². The van der Waals surface area contributed by atoms with Crippen molar-refractivity contribution in [2.24, 2.45) is 0 Å². The smallest absolute Gasteiger partial charge is 0.257 e. The molecule has 2 aromatic rings. The van der Waals surface area contributed by atoms with E-state index in [4.69, 9.17) is 12.2 Å². The van der Waals surface area contributed by atoms with E-state index in [9.17, 15) is 4.79 Å². The highest BCUT2D eigenvalue weighted by Gasteiger charge is 2.16. The predicted molar refractivity (Wildman–Crippen MR) is 95.5 cm³/mol. The van der Waals surface area contributed by atoms with Crippen LogP contribution < -0.4 is 16.0 Å². The van der Waals surface area contributed by atoms with Gasteiger partial charge in [0.15, 0.2) is 5.11 Å². The first-order valence-electron chi connectivity index (χ1n) is 7.35. The molecule has 1 heterocycles. The van der Waals surface area contributed by atoms with E-state index in [1.54, 1.807) is 12.1 Å². The fourth-order valence-corrected chi connectivity index (χ4v) is 2.73. The second-order valence-electron chi connectivity index (χ2n) is 5.28. The van der Waals surface area contributed by atoms with E-state index in [1.165, 1.54) is 11.1 Å². The Labute approximate surface area is 140 Å². The van der Waals surface area contributed by atoms with Crippen molar-refractivity contribution in [1.82, 2.24) is 16.0 Å². The molecule has 1 aliphatic rings. The van der Waals surface area contributed by atoms with Crippen molar-refractivity contribution in [1.29, 1.82) is 0 Å². The summed E-state index contributed by atoms with van der Waals surface area (Å²) in [5.41, 5.74) is 4.08. The van der Waals surface area contributed by atoms with Gasteiger partial charge in [-0.3, -0.25) is 10.1 Å². The third-order valence-corrected chi connectivity index (χ3v) is 3.96. The summed E-state index contributed by atoms with van der Waals surface area (Å²) in [6, 6.07) is 17.2. The lowest BCUT2D eigenvalue weighted by Crippen LogP contribution is -2.42. The monoisotopic (exact) mass is 323 g/mol. The number of benzene rings is 2. The first-order chi connectivity index (χ1) is 11.1. The normalized spacial score (nSPS) is 12.9. The van der Waals surface area contributed by atoms with Crippen LogP contribution in [0.25, 0.3) is 5.57 Å². The van der Waals surface area contributed by atoms with E-state index in [1.807, 2.05) is 37.3 Å². The SMILES string of the molecule is CC1=C(NC(=S)NC(=O)c2ccccc2)NCc2ccccc21. The molecule has 0 fully saturated rings. The van der Waals surface area contributed by atoms with Gasteiger partial charge in [-0.25, -0.2) is 0 Å². The summed E-state index contributed by atoms with van der Waals surface area (Å²) >= 11 is 5.25. The maximum atomic E-state index is 12.1. The Morgan fingerprint density at radius 1 is 1.09 bits per heavy atom. The van der Waals surface area contributed by atoms with Crippen LogP contribution in [0.2, 0.25) is 0 Å². The van der Waals surface area contributed by atoms with Gasteiger partial charge < -0.3 is 10.6 Å². The van der Waals surface area contributed by atoms with Gasteiger partial charge in [0.25, 0.3) is 5.91 Å². The summed E-state index contributed by atoms with van der Waals surface area (Å²) in [5.74, 6) is 0.597. The number of hydrogen-bond donors (Lipinski definition) is 3. The zero-order valence-corrected chi connectivity index (χ0v) is 13.5. The van der Waals surface area contributed by atoms with Crippen LogP contribution in [0, 0.1) is 0 Å². The second kappa shape index (κ2) is 6.62. The molecule has 0 radical (unpaired) electrons. The molecule has 0 aliphatic carbocycles. The number of hydrogen-bond acceptors (Lipinski definition) is 3. The molecule has 2 aromatic carbocycles. The number of fused-ring (bicyclic) bond motifs is 1. The summed E-state index contributed by atoms with van der Waals surface area (Å²) in [6.45, 7) is 2.75. The van der Waals surface area contributed by atoms with Gasteiger partial charge in [-0.05, 0) is 48.0 Å². The Balaban J connectivity index is 1.70. The number of amides is 1. The highest BCUT2D eigenvalue weighted by Crippen LogP contribution is 2.24. The first-order valence-corrected chi connectivity index (χ1v) is 7.76. The average molecular weight is 323 g/mol. The number of carbonyl (C=O) groups is 1. The molecule has 0 spiro atoms. The molecular formula is C18H17N3OS. The van der Waals surface area contributed by atoms with Crippen molar-refractivity contribution in [2.75, 3.05) is 0 Å². The van der Waals surface area contributed by atoms with E-state index in [0.717, 1.165) is 17.9 Å². The molecule has 0 bridgehead atoms. The molecule has 0 unspecified atom stereocenters. The Morgan fingerprint density at radius 3 is 2.57 bits per heavy atom. The summed E-state index contributed by atoms with van der Waals surface area (Å²) in [7, 11) is 0. The van der Waals surface area contributed by atoms with E-state index in [0.29, 0.717) is 5.56 Å². The topological polar surface area (TPSA) is 53.2 Å². The molecule has 4 nitrogen and oxygen atoms in total. The molecule has 1 aliphatic heterocycles. The number of nitrogens with one attached hydrogen (secondary N) is 3. The molecule has 116 valence electrons. The van der Waals surface area contributed by atoms with Crippen LogP contribution in [0.3, 0.4) is 0 Å². The fraction of sp³-hybridized carbons (Fsp3) is 0.111. The van der Waals surface area contributed by atoms with Crippen molar-refractivity contribution in [3.8, 4) is 0 Å². The summed E-state index contributed by atoms with van der Waals surface area (Å²) < 4.78 is 0. The lowest BCUT2D eigenvalue weighted by molar-refractivity contribution is 0.0977. The van der Waals surface area contributed by atoms with Gasteiger partial charge in [-0.2, -0.15) is 0 Å². The third kappa shape index (κ3) is 3.40. The number of carbonyl (C=O) groups excluding carboxylic acids is 1. The van der Waals surface area contributed by atoms with Gasteiger partial charge in [0.1, 0.15) is 5.82 Å². The van der Waals surface area contributed by atoms with Crippen LogP contribution in [0.5, 0.6) is 0 Å². The number of allylic oxidation sites excluding steroid dienone is 1. The van der Waals surface area contributed by atoms with Crippen molar-refractivity contribution in [2.45, 2.75) is 13.5 Å². The minimum atomic E-state index is -0.224. The predicted octanol–water partition coefficient (Wildman–Crippen LogP) is 2.78. The summed E-state index contributed by atoms with van der Waals surface area (Å²) in [5, 5.41) is 9.35. The Bertz CT molecular complexity index is 784. The summed E-state index contributed by atoms with van der Waals surface area (Å²) in [6.07, 6.45) is 0. The molecule has 0 saturated carbocycles. The molecule has 1 amide bonds.